The molecule has 0 aliphatic heterocycles. The van der Waals surface area contributed by atoms with Crippen molar-refractivity contribution >= 4 is 22.6 Å². The molecule has 0 radical (unpaired) electrons. The molecule has 0 bridgehead atoms. The van der Waals surface area contributed by atoms with Crippen LogP contribution in [-0.2, 0) is 0 Å². The molecule has 0 aliphatic rings. The second-order valence-electron chi connectivity index (χ2n) is 3.95. The molecule has 0 aromatic heterocycles. The zero-order chi connectivity index (χ0) is 10.5. The number of alkyl halides is 1. The molecule has 14 heavy (non-hydrogen) atoms. The molecule has 0 amide bonds. The minimum absolute atomic E-state index is 0.371. The maximum atomic E-state index is 8.59. The molecule has 0 atom stereocenters. The highest BCUT2D eigenvalue weighted by atomic mass is 127. The lowest BCUT2D eigenvalue weighted by Crippen LogP contribution is -1.84. The highest BCUT2D eigenvalue weighted by molar-refractivity contribution is 14.1. The largest absolute Gasteiger partial charge is 0.396 e. The topological polar surface area (TPSA) is 20.2 Å². The third-order valence-electron chi connectivity index (χ3n) is 2.54. The second kappa shape index (κ2) is 13.7. The summed E-state index contributed by atoms with van der Waals surface area (Å²) >= 11 is 2.45. The van der Waals surface area contributed by atoms with Crippen LogP contribution in [0.3, 0.4) is 0 Å². The van der Waals surface area contributed by atoms with Crippen LogP contribution in [0.25, 0.3) is 0 Å². The fraction of sp³-hybridized carbons (Fsp3) is 1.00. The first-order valence-corrected chi connectivity index (χ1v) is 7.61. The molecule has 0 spiro atoms. The fourth-order valence-corrected chi connectivity index (χ4v) is 2.16. The smallest absolute Gasteiger partial charge is 0.0431 e. The summed E-state index contributed by atoms with van der Waals surface area (Å²) in [5.41, 5.74) is 0. The Morgan fingerprint density at radius 1 is 0.571 bits per heavy atom. The van der Waals surface area contributed by atoms with Gasteiger partial charge in [0.2, 0.25) is 0 Å². The molecule has 1 nitrogen and oxygen atoms in total. The molecule has 2 heteroatoms. The zero-order valence-electron chi connectivity index (χ0n) is 9.31. The van der Waals surface area contributed by atoms with Crippen LogP contribution in [0.4, 0.5) is 0 Å². The molecule has 0 aromatic rings. The van der Waals surface area contributed by atoms with Gasteiger partial charge in [0.1, 0.15) is 0 Å². The Bertz CT molecular complexity index is 84.3. The van der Waals surface area contributed by atoms with Gasteiger partial charge in [0.25, 0.3) is 0 Å². The fourth-order valence-electron chi connectivity index (χ4n) is 1.62. The van der Waals surface area contributed by atoms with Crippen LogP contribution in [0, 0.1) is 0 Å². The van der Waals surface area contributed by atoms with E-state index in [1.54, 1.807) is 0 Å². The third kappa shape index (κ3) is 12.7. The predicted molar refractivity (Wildman–Crippen MR) is 72.1 cm³/mol. The number of aliphatic hydroxyl groups is 1. The molecule has 0 aliphatic carbocycles. The molecular formula is C12H25IO. The average Bonchev–Trinajstić information content (AvgIpc) is 2.21. The van der Waals surface area contributed by atoms with Crippen LogP contribution >= 0.6 is 22.6 Å². The van der Waals surface area contributed by atoms with Gasteiger partial charge in [-0.15, -0.1) is 0 Å². The van der Waals surface area contributed by atoms with Gasteiger partial charge in [-0.1, -0.05) is 74.0 Å². The van der Waals surface area contributed by atoms with Gasteiger partial charge in [-0.25, -0.2) is 0 Å². The van der Waals surface area contributed by atoms with E-state index in [1.807, 2.05) is 0 Å². The molecule has 86 valence electrons. The lowest BCUT2D eigenvalue weighted by Gasteiger charge is -2.01. The minimum Gasteiger partial charge on any atom is -0.396 e. The maximum absolute atomic E-state index is 8.59. The predicted octanol–water partition coefficient (Wildman–Crippen LogP) is 4.31. The van der Waals surface area contributed by atoms with E-state index in [4.69, 9.17) is 5.11 Å². The third-order valence-corrected chi connectivity index (χ3v) is 3.30. The van der Waals surface area contributed by atoms with Crippen molar-refractivity contribution in [3.05, 3.63) is 0 Å². The van der Waals surface area contributed by atoms with Crippen molar-refractivity contribution in [2.75, 3.05) is 11.0 Å². The van der Waals surface area contributed by atoms with Crippen molar-refractivity contribution in [3.8, 4) is 0 Å². The van der Waals surface area contributed by atoms with E-state index < -0.39 is 0 Å². The molecule has 0 fully saturated rings. The maximum Gasteiger partial charge on any atom is 0.0431 e. The van der Waals surface area contributed by atoms with Crippen LogP contribution in [0.1, 0.15) is 64.2 Å². The van der Waals surface area contributed by atoms with Crippen molar-refractivity contribution < 1.29 is 5.11 Å². The van der Waals surface area contributed by atoms with Crippen LogP contribution < -0.4 is 0 Å². The summed E-state index contributed by atoms with van der Waals surface area (Å²) in [5, 5.41) is 8.59. The minimum atomic E-state index is 0.371. The summed E-state index contributed by atoms with van der Waals surface area (Å²) in [4.78, 5) is 0. The summed E-state index contributed by atoms with van der Waals surface area (Å²) in [6, 6.07) is 0. The number of aliphatic hydroxyl groups excluding tert-OH is 1. The normalized spacial score (nSPS) is 10.7. The zero-order valence-corrected chi connectivity index (χ0v) is 11.5. The summed E-state index contributed by atoms with van der Waals surface area (Å²) in [6.07, 6.45) is 13.4. The Morgan fingerprint density at radius 2 is 0.929 bits per heavy atom. The van der Waals surface area contributed by atoms with Gasteiger partial charge in [-0.2, -0.15) is 0 Å². The summed E-state index contributed by atoms with van der Waals surface area (Å²) in [6.45, 7) is 0.371. The molecule has 0 saturated carbocycles. The number of unbranched alkanes of at least 4 members (excludes halogenated alkanes) is 9. The van der Waals surface area contributed by atoms with Crippen LogP contribution in [-0.4, -0.2) is 16.1 Å². The number of rotatable bonds is 11. The number of hydrogen-bond donors (Lipinski definition) is 1. The number of hydrogen-bond acceptors (Lipinski definition) is 1. The van der Waals surface area contributed by atoms with Gasteiger partial charge < -0.3 is 5.11 Å². The van der Waals surface area contributed by atoms with Gasteiger partial charge in [0, 0.05) is 6.61 Å². The Kier molecular flexibility index (Phi) is 14.4. The first-order valence-electron chi connectivity index (χ1n) is 6.08. The van der Waals surface area contributed by atoms with E-state index in [-0.39, 0.29) is 0 Å². The second-order valence-corrected chi connectivity index (χ2v) is 5.03. The molecule has 1 N–H and O–H groups in total. The highest BCUT2D eigenvalue weighted by Gasteiger charge is 1.92. The van der Waals surface area contributed by atoms with Gasteiger partial charge in [-0.3, -0.25) is 0 Å². The van der Waals surface area contributed by atoms with E-state index in [1.165, 1.54) is 62.2 Å². The standard InChI is InChI=1S/C12H25IO/c13-11-9-7-5-3-1-2-4-6-8-10-12-14/h14H,1-12H2. The first kappa shape index (κ1) is 14.7. The van der Waals surface area contributed by atoms with E-state index in [0.717, 1.165) is 6.42 Å². The highest BCUT2D eigenvalue weighted by Crippen LogP contribution is 2.10. The molecule has 0 unspecified atom stereocenters. The molecule has 0 saturated heterocycles. The Morgan fingerprint density at radius 3 is 1.29 bits per heavy atom. The van der Waals surface area contributed by atoms with Gasteiger partial charge >= 0.3 is 0 Å². The van der Waals surface area contributed by atoms with E-state index in [2.05, 4.69) is 22.6 Å². The quantitative estimate of drug-likeness (QED) is 0.342. The summed E-state index contributed by atoms with van der Waals surface area (Å²) < 4.78 is 1.32. The molecular weight excluding hydrogens is 287 g/mol. The Balaban J connectivity index is 2.78. The van der Waals surface area contributed by atoms with Crippen molar-refractivity contribution in [1.82, 2.24) is 0 Å². The van der Waals surface area contributed by atoms with Crippen LogP contribution in [0.15, 0.2) is 0 Å². The lowest BCUT2D eigenvalue weighted by atomic mass is 10.1. The summed E-state index contributed by atoms with van der Waals surface area (Å²) in [5.74, 6) is 0. The van der Waals surface area contributed by atoms with Gasteiger partial charge in [0.05, 0.1) is 0 Å². The van der Waals surface area contributed by atoms with E-state index >= 15 is 0 Å². The van der Waals surface area contributed by atoms with E-state index in [0.29, 0.717) is 6.61 Å². The lowest BCUT2D eigenvalue weighted by molar-refractivity contribution is 0.282. The van der Waals surface area contributed by atoms with Crippen molar-refractivity contribution in [2.45, 2.75) is 64.2 Å². The Hall–Kier alpha value is 0.690. The van der Waals surface area contributed by atoms with Gasteiger partial charge in [0.15, 0.2) is 0 Å². The van der Waals surface area contributed by atoms with E-state index in [9.17, 15) is 0 Å². The molecule has 0 heterocycles. The first-order chi connectivity index (χ1) is 6.91. The van der Waals surface area contributed by atoms with Crippen molar-refractivity contribution in [2.24, 2.45) is 0 Å². The van der Waals surface area contributed by atoms with Crippen molar-refractivity contribution in [1.29, 1.82) is 0 Å². The van der Waals surface area contributed by atoms with Crippen molar-refractivity contribution in [3.63, 3.8) is 0 Å². The van der Waals surface area contributed by atoms with Crippen LogP contribution in [0.5, 0.6) is 0 Å². The number of halogens is 1. The average molecular weight is 312 g/mol. The summed E-state index contributed by atoms with van der Waals surface area (Å²) in [7, 11) is 0. The molecule has 0 rings (SSSR count). The monoisotopic (exact) mass is 312 g/mol. The SMILES string of the molecule is OCCCCCCCCCCCCI. The van der Waals surface area contributed by atoms with Gasteiger partial charge in [-0.05, 0) is 17.3 Å². The molecule has 0 aromatic carbocycles. The Labute approximate surface area is 103 Å². The van der Waals surface area contributed by atoms with Crippen LogP contribution in [0.2, 0.25) is 0 Å².